The van der Waals surface area contributed by atoms with Gasteiger partial charge in [0.1, 0.15) is 0 Å². The Hall–Kier alpha value is -1.15. The van der Waals surface area contributed by atoms with Crippen molar-refractivity contribution in [1.82, 2.24) is 0 Å². The molecule has 0 aromatic rings. The lowest BCUT2D eigenvalue weighted by Gasteiger charge is -2.41. The quantitative estimate of drug-likeness (QED) is 0.424. The summed E-state index contributed by atoms with van der Waals surface area (Å²) in [6, 6.07) is 0. The topological polar surface area (TPSA) is 88.1 Å². The van der Waals surface area contributed by atoms with Crippen LogP contribution in [0.15, 0.2) is 0 Å². The fourth-order valence-electron chi connectivity index (χ4n) is 1.96. The second-order valence-electron chi connectivity index (χ2n) is 4.41. The molecule has 1 heterocycles. The summed E-state index contributed by atoms with van der Waals surface area (Å²) >= 11 is 3.22. The Bertz CT molecular complexity index is 369. The van der Waals surface area contributed by atoms with Gasteiger partial charge in [-0.15, -0.1) is 0 Å². The minimum absolute atomic E-state index is 0.528. The summed E-state index contributed by atoms with van der Waals surface area (Å²) in [5.74, 6) is -1.67. The van der Waals surface area contributed by atoms with Gasteiger partial charge in [0.05, 0.1) is 6.10 Å². The molecule has 114 valence electrons. The molecule has 0 radical (unpaired) electrons. The molecule has 0 spiro atoms. The van der Waals surface area contributed by atoms with Crippen LogP contribution in [0.1, 0.15) is 27.7 Å². The van der Waals surface area contributed by atoms with E-state index < -0.39 is 47.3 Å². The summed E-state index contributed by atoms with van der Waals surface area (Å²) in [4.78, 5) is 33.5. The van der Waals surface area contributed by atoms with Crippen LogP contribution >= 0.6 is 15.9 Å². The van der Waals surface area contributed by atoms with Crippen molar-refractivity contribution in [3.63, 3.8) is 0 Å². The van der Waals surface area contributed by atoms with Crippen LogP contribution in [0.2, 0.25) is 0 Å². The smallest absolute Gasteiger partial charge is 0.303 e. The van der Waals surface area contributed by atoms with Gasteiger partial charge in [-0.05, 0) is 6.92 Å². The molecule has 5 atom stereocenters. The fraction of sp³-hybridized carbons (Fsp3) is 0.750. The van der Waals surface area contributed by atoms with E-state index in [-0.39, 0.29) is 0 Å². The van der Waals surface area contributed by atoms with E-state index >= 15 is 0 Å². The van der Waals surface area contributed by atoms with E-state index in [2.05, 4.69) is 15.9 Å². The van der Waals surface area contributed by atoms with E-state index in [1.807, 2.05) is 0 Å². The number of ether oxygens (including phenoxy) is 4. The molecule has 0 bridgehead atoms. The summed E-state index contributed by atoms with van der Waals surface area (Å²) in [6.45, 7) is 5.35. The van der Waals surface area contributed by atoms with Gasteiger partial charge in [0.2, 0.25) is 0 Å². The molecule has 8 heteroatoms. The van der Waals surface area contributed by atoms with Crippen LogP contribution in [0.25, 0.3) is 0 Å². The van der Waals surface area contributed by atoms with E-state index in [0.717, 1.165) is 0 Å². The zero-order valence-corrected chi connectivity index (χ0v) is 13.2. The number of halogens is 1. The Morgan fingerprint density at radius 1 is 0.850 bits per heavy atom. The molecule has 0 N–H and O–H groups in total. The standard InChI is InChI=1S/C12H17BrO7/c1-5-9(18-6(2)14)10(19-7(3)15)11(12(13)17-5)20-8(4)16/h5,9-12H,1-4H3/t5-,9+,10-,11-,12-/m1/s1. The number of carbonyl (C=O) groups is 3. The predicted molar refractivity (Wildman–Crippen MR) is 69.9 cm³/mol. The minimum atomic E-state index is -0.937. The number of esters is 3. The molecule has 0 aliphatic carbocycles. The molecule has 1 rings (SSSR count). The Kier molecular flexibility index (Phi) is 5.94. The average molecular weight is 353 g/mol. The molecule has 20 heavy (non-hydrogen) atoms. The maximum atomic E-state index is 11.2. The third kappa shape index (κ3) is 4.45. The average Bonchev–Trinajstić information content (AvgIpc) is 2.27. The molecular formula is C12H17BrO7. The Morgan fingerprint density at radius 2 is 1.25 bits per heavy atom. The van der Waals surface area contributed by atoms with E-state index in [9.17, 15) is 14.4 Å². The minimum Gasteiger partial charge on any atom is -0.456 e. The number of hydrogen-bond acceptors (Lipinski definition) is 7. The number of alkyl halides is 1. The van der Waals surface area contributed by atoms with Crippen LogP contribution in [-0.2, 0) is 33.3 Å². The first-order valence-corrected chi connectivity index (χ1v) is 6.95. The van der Waals surface area contributed by atoms with Crippen LogP contribution in [0.3, 0.4) is 0 Å². The zero-order valence-electron chi connectivity index (χ0n) is 11.6. The summed E-state index contributed by atoms with van der Waals surface area (Å²) < 4.78 is 20.9. The molecular weight excluding hydrogens is 336 g/mol. The van der Waals surface area contributed by atoms with Crippen LogP contribution in [0, 0.1) is 0 Å². The van der Waals surface area contributed by atoms with Gasteiger partial charge >= 0.3 is 17.9 Å². The van der Waals surface area contributed by atoms with Crippen molar-refractivity contribution >= 4 is 33.8 Å². The van der Waals surface area contributed by atoms with Gasteiger partial charge in [0, 0.05) is 20.8 Å². The van der Waals surface area contributed by atoms with Crippen molar-refractivity contribution in [2.24, 2.45) is 0 Å². The maximum Gasteiger partial charge on any atom is 0.303 e. The van der Waals surface area contributed by atoms with Gasteiger partial charge in [-0.1, -0.05) is 15.9 Å². The van der Waals surface area contributed by atoms with E-state index in [4.69, 9.17) is 18.9 Å². The highest BCUT2D eigenvalue weighted by Crippen LogP contribution is 2.31. The van der Waals surface area contributed by atoms with Crippen molar-refractivity contribution in [2.75, 3.05) is 0 Å². The highest BCUT2D eigenvalue weighted by atomic mass is 79.9. The van der Waals surface area contributed by atoms with Gasteiger partial charge in [-0.3, -0.25) is 14.4 Å². The second kappa shape index (κ2) is 7.03. The zero-order chi connectivity index (χ0) is 15.4. The first kappa shape index (κ1) is 16.9. The van der Waals surface area contributed by atoms with Gasteiger partial charge in [0.15, 0.2) is 23.3 Å². The summed E-state index contributed by atoms with van der Waals surface area (Å²) in [6.07, 6.45) is -3.22. The molecule has 0 amide bonds. The van der Waals surface area contributed by atoms with Crippen LogP contribution in [-0.4, -0.2) is 47.3 Å². The summed E-state index contributed by atoms with van der Waals surface area (Å²) in [5, 5.41) is -0.669. The Labute approximate surface area is 125 Å². The first-order valence-electron chi connectivity index (χ1n) is 6.03. The van der Waals surface area contributed by atoms with E-state index in [0.29, 0.717) is 0 Å². The fourth-order valence-corrected chi connectivity index (χ4v) is 2.70. The number of hydrogen-bond donors (Lipinski definition) is 0. The number of rotatable bonds is 3. The van der Waals surface area contributed by atoms with Crippen LogP contribution < -0.4 is 0 Å². The Balaban J connectivity index is 3.01. The highest BCUT2D eigenvalue weighted by molar-refractivity contribution is 9.09. The van der Waals surface area contributed by atoms with Crippen molar-refractivity contribution in [1.29, 1.82) is 0 Å². The third-order valence-electron chi connectivity index (χ3n) is 2.62. The third-order valence-corrected chi connectivity index (χ3v) is 3.36. The number of carbonyl (C=O) groups excluding carboxylic acids is 3. The molecule has 0 aromatic heterocycles. The van der Waals surface area contributed by atoms with Crippen molar-refractivity contribution in [3.8, 4) is 0 Å². The molecule has 7 nitrogen and oxygen atoms in total. The van der Waals surface area contributed by atoms with Crippen LogP contribution in [0.4, 0.5) is 0 Å². The van der Waals surface area contributed by atoms with Crippen LogP contribution in [0.5, 0.6) is 0 Å². The summed E-state index contributed by atoms with van der Waals surface area (Å²) in [5.41, 5.74) is 0. The molecule has 1 saturated heterocycles. The molecule has 1 aliphatic rings. The normalized spacial score (nSPS) is 33.1. The van der Waals surface area contributed by atoms with Gasteiger partial charge in [-0.2, -0.15) is 0 Å². The van der Waals surface area contributed by atoms with E-state index in [1.54, 1.807) is 6.92 Å². The molecule has 1 fully saturated rings. The monoisotopic (exact) mass is 352 g/mol. The molecule has 0 aromatic carbocycles. The van der Waals surface area contributed by atoms with Crippen molar-refractivity contribution in [3.05, 3.63) is 0 Å². The first-order chi connectivity index (χ1) is 9.22. The maximum absolute atomic E-state index is 11.2. The van der Waals surface area contributed by atoms with Crippen molar-refractivity contribution in [2.45, 2.75) is 57.1 Å². The lowest BCUT2D eigenvalue weighted by molar-refractivity contribution is -0.227. The summed E-state index contributed by atoms with van der Waals surface area (Å²) in [7, 11) is 0. The second-order valence-corrected chi connectivity index (χ2v) is 5.32. The predicted octanol–water partition coefficient (Wildman–Crippen LogP) is 0.921. The lowest BCUT2D eigenvalue weighted by Crippen LogP contribution is -2.59. The lowest BCUT2D eigenvalue weighted by atomic mass is 10.00. The van der Waals surface area contributed by atoms with Gasteiger partial charge in [-0.25, -0.2) is 0 Å². The van der Waals surface area contributed by atoms with Gasteiger partial charge < -0.3 is 18.9 Å². The Morgan fingerprint density at radius 3 is 1.70 bits per heavy atom. The van der Waals surface area contributed by atoms with Gasteiger partial charge in [0.25, 0.3) is 0 Å². The molecule has 0 saturated carbocycles. The van der Waals surface area contributed by atoms with E-state index in [1.165, 1.54) is 20.8 Å². The molecule has 0 unspecified atom stereocenters. The SMILES string of the molecule is CC(=O)O[C@H]1[C@@H](OC(C)=O)[C@H](Br)O[C@H](C)[C@@H]1OC(C)=O. The largest absolute Gasteiger partial charge is 0.456 e. The van der Waals surface area contributed by atoms with Crippen molar-refractivity contribution < 1.29 is 33.3 Å². The molecule has 1 aliphatic heterocycles. The highest BCUT2D eigenvalue weighted by Gasteiger charge is 2.49.